The summed E-state index contributed by atoms with van der Waals surface area (Å²) >= 11 is 0. The summed E-state index contributed by atoms with van der Waals surface area (Å²) in [6.07, 6.45) is -3.17. The van der Waals surface area contributed by atoms with E-state index in [1.165, 1.54) is 19.3 Å². The molecule has 0 aromatic heterocycles. The summed E-state index contributed by atoms with van der Waals surface area (Å²) in [6, 6.07) is 13.8. The second-order valence-corrected chi connectivity index (χ2v) is 11.7. The molecule has 0 unspecified atom stereocenters. The van der Waals surface area contributed by atoms with Crippen LogP contribution in [0.25, 0.3) is 10.8 Å². The number of carbonyl (C=O) groups is 2. The molecule has 0 amide bonds. The molecule has 11 nitrogen and oxygen atoms in total. The number of aromatic hydroxyl groups is 1. The standard InChI is InChI=1S/C36H30O11/c1-20-15-24(42-3)17-26-25(20)10-11-27(37)31(26)33(38)45-28-16-22-12-14-36(30-19-44-34(39)46-30)29(47-36)5-4-13-35(22,40)32(28)43-18-21-6-8-23(41-2)9-7-21/h6-11,15-17,28-30,32,37,40H,13,18-19H2,1-3H3/t28-,29-,30-,32+,35-,36+/m1/s1. The molecular formula is C36H30O11. The number of epoxide rings is 1. The molecule has 2 saturated heterocycles. The third-order valence-corrected chi connectivity index (χ3v) is 8.83. The van der Waals surface area contributed by atoms with Gasteiger partial charge in [-0.05, 0) is 59.8 Å². The summed E-state index contributed by atoms with van der Waals surface area (Å²) in [6.45, 7) is 1.87. The van der Waals surface area contributed by atoms with Crippen molar-refractivity contribution in [3.05, 3.63) is 76.9 Å². The summed E-state index contributed by atoms with van der Waals surface area (Å²) in [4.78, 5) is 25.6. The van der Waals surface area contributed by atoms with E-state index in [1.807, 2.05) is 25.1 Å². The number of cyclic esters (lactones) is 2. The third kappa shape index (κ3) is 5.29. The summed E-state index contributed by atoms with van der Waals surface area (Å²) < 4.78 is 39.0. The van der Waals surface area contributed by atoms with E-state index in [0.717, 1.165) is 16.5 Å². The van der Waals surface area contributed by atoms with Crippen LogP contribution in [0.4, 0.5) is 4.79 Å². The summed E-state index contributed by atoms with van der Waals surface area (Å²) in [5, 5.41) is 24.2. The number of ether oxygens (including phenoxy) is 7. The zero-order chi connectivity index (χ0) is 32.9. The first-order chi connectivity index (χ1) is 22.6. The Morgan fingerprint density at radius 3 is 2.57 bits per heavy atom. The molecule has 0 radical (unpaired) electrons. The van der Waals surface area contributed by atoms with E-state index in [2.05, 4.69) is 23.7 Å². The van der Waals surface area contributed by atoms with E-state index >= 15 is 0 Å². The van der Waals surface area contributed by atoms with E-state index < -0.39 is 47.7 Å². The van der Waals surface area contributed by atoms with Gasteiger partial charge in [0.25, 0.3) is 0 Å². The van der Waals surface area contributed by atoms with Crippen molar-refractivity contribution in [3.8, 4) is 40.9 Å². The Kier molecular flexibility index (Phi) is 7.48. The maximum Gasteiger partial charge on any atom is 0.508 e. The van der Waals surface area contributed by atoms with Crippen LogP contribution in [0.1, 0.15) is 27.9 Å². The number of esters is 1. The van der Waals surface area contributed by atoms with Crippen LogP contribution in [0.3, 0.4) is 0 Å². The minimum atomic E-state index is -1.79. The lowest BCUT2D eigenvalue weighted by Gasteiger charge is -2.32. The van der Waals surface area contributed by atoms with Gasteiger partial charge in [0.15, 0.2) is 18.3 Å². The molecule has 0 saturated carbocycles. The zero-order valence-corrected chi connectivity index (χ0v) is 25.7. The van der Waals surface area contributed by atoms with E-state index in [4.69, 9.17) is 33.2 Å². The van der Waals surface area contributed by atoms with Crippen molar-refractivity contribution in [3.63, 3.8) is 0 Å². The largest absolute Gasteiger partial charge is 0.508 e. The molecule has 6 atom stereocenters. The molecule has 2 N–H and O–H groups in total. The van der Waals surface area contributed by atoms with Gasteiger partial charge < -0.3 is 43.4 Å². The van der Waals surface area contributed by atoms with E-state index in [9.17, 15) is 19.8 Å². The molecule has 240 valence electrons. The second kappa shape index (κ2) is 11.6. The number of phenols is 1. The number of methoxy groups -OCH3 is 2. The average molecular weight is 639 g/mol. The average Bonchev–Trinajstić information content (AvgIpc) is 3.44. The van der Waals surface area contributed by atoms with Gasteiger partial charge in [0, 0.05) is 17.4 Å². The molecule has 11 heteroatoms. The highest BCUT2D eigenvalue weighted by atomic mass is 16.8. The van der Waals surface area contributed by atoms with Gasteiger partial charge in [-0.2, -0.15) is 0 Å². The predicted molar refractivity (Wildman–Crippen MR) is 165 cm³/mol. The van der Waals surface area contributed by atoms with E-state index in [-0.39, 0.29) is 36.5 Å². The third-order valence-electron chi connectivity index (χ3n) is 8.83. The Morgan fingerprint density at radius 1 is 1.06 bits per heavy atom. The van der Waals surface area contributed by atoms with E-state index in [0.29, 0.717) is 16.9 Å². The van der Waals surface area contributed by atoms with E-state index in [1.54, 1.807) is 31.4 Å². The van der Waals surface area contributed by atoms with Gasteiger partial charge in [-0.25, -0.2) is 9.59 Å². The van der Waals surface area contributed by atoms with Gasteiger partial charge in [-0.15, -0.1) is 0 Å². The number of rotatable bonds is 8. The maximum absolute atomic E-state index is 13.9. The van der Waals surface area contributed by atoms with Gasteiger partial charge in [-0.3, -0.25) is 0 Å². The molecule has 2 fully saturated rings. The molecule has 3 aromatic carbocycles. The Morgan fingerprint density at radius 2 is 1.85 bits per heavy atom. The lowest BCUT2D eigenvalue weighted by atomic mass is 9.89. The highest BCUT2D eigenvalue weighted by Crippen LogP contribution is 2.45. The van der Waals surface area contributed by atoms with Crippen molar-refractivity contribution in [2.24, 2.45) is 0 Å². The Bertz CT molecular complexity index is 1940. The lowest BCUT2D eigenvalue weighted by molar-refractivity contribution is -0.119. The Labute approximate surface area is 269 Å². The van der Waals surface area contributed by atoms with Crippen LogP contribution in [0, 0.1) is 30.6 Å². The molecule has 3 aromatic rings. The number of benzene rings is 3. The predicted octanol–water partition coefficient (Wildman–Crippen LogP) is 3.74. The molecule has 47 heavy (non-hydrogen) atoms. The molecule has 2 heterocycles. The SMILES string of the molecule is COc1ccc(CO[C@H]2[C@H](OC(=O)c3c(O)ccc4c(C)cc(OC)cc34)C=C3C#C[C@]4([C@H]5COC(=O)O5)O[C@@H]4C#CC[C@@]32O)cc1. The van der Waals surface area contributed by atoms with Crippen LogP contribution >= 0.6 is 0 Å². The van der Waals surface area contributed by atoms with Crippen LogP contribution in [-0.4, -0.2) is 78.8 Å². The molecule has 2 aliphatic heterocycles. The number of carbonyl (C=O) groups excluding carboxylic acids is 2. The molecular weight excluding hydrogens is 608 g/mol. The number of hydrogen-bond donors (Lipinski definition) is 2. The Balaban J connectivity index is 1.25. The fourth-order valence-electron chi connectivity index (χ4n) is 6.20. The van der Waals surface area contributed by atoms with Gasteiger partial charge >= 0.3 is 12.1 Å². The summed E-state index contributed by atoms with van der Waals surface area (Å²) in [7, 11) is 3.08. The Hall–Kier alpha value is -5.20. The number of aliphatic hydroxyl groups is 1. The summed E-state index contributed by atoms with van der Waals surface area (Å²) in [5.41, 5.74) is -1.28. The van der Waals surface area contributed by atoms with Gasteiger partial charge in [0.2, 0.25) is 5.60 Å². The van der Waals surface area contributed by atoms with Crippen molar-refractivity contribution in [1.82, 2.24) is 0 Å². The number of phenolic OH excluding ortho intramolecular Hbond substituents is 1. The molecule has 4 aliphatic rings. The smallest absolute Gasteiger partial charge is 0.507 e. The second-order valence-electron chi connectivity index (χ2n) is 11.7. The fourth-order valence-corrected chi connectivity index (χ4v) is 6.20. The highest BCUT2D eigenvalue weighted by molar-refractivity contribution is 6.08. The first-order valence-corrected chi connectivity index (χ1v) is 14.9. The van der Waals surface area contributed by atoms with Gasteiger partial charge in [-0.1, -0.05) is 41.9 Å². The normalized spacial score (nSPS) is 28.3. The fraction of sp³-hybridized carbons (Fsp3) is 0.333. The number of fused-ring (bicyclic) bond motifs is 3. The lowest BCUT2D eigenvalue weighted by Crippen LogP contribution is -2.47. The highest BCUT2D eigenvalue weighted by Gasteiger charge is 2.65. The van der Waals surface area contributed by atoms with Crippen molar-refractivity contribution in [1.29, 1.82) is 0 Å². The van der Waals surface area contributed by atoms with Crippen LogP contribution in [0.15, 0.2) is 60.2 Å². The molecule has 0 bridgehead atoms. The first kappa shape index (κ1) is 30.5. The quantitative estimate of drug-likeness (QED) is 0.212. The summed E-state index contributed by atoms with van der Waals surface area (Å²) in [5.74, 6) is 12.0. The minimum absolute atomic E-state index is 0.0496. The molecule has 7 rings (SSSR count). The van der Waals surface area contributed by atoms with Crippen molar-refractivity contribution in [2.75, 3.05) is 20.8 Å². The number of aryl methyl sites for hydroxylation is 1. The van der Waals surface area contributed by atoms with Crippen molar-refractivity contribution >= 4 is 22.9 Å². The van der Waals surface area contributed by atoms with Gasteiger partial charge in [0.05, 0.1) is 20.8 Å². The van der Waals surface area contributed by atoms with Crippen molar-refractivity contribution in [2.45, 2.75) is 55.6 Å². The molecule has 0 spiro atoms. The van der Waals surface area contributed by atoms with Gasteiger partial charge in [0.1, 0.15) is 41.1 Å². The van der Waals surface area contributed by atoms with Crippen LogP contribution in [0.5, 0.6) is 17.2 Å². The van der Waals surface area contributed by atoms with Crippen LogP contribution < -0.4 is 9.47 Å². The van der Waals surface area contributed by atoms with Crippen LogP contribution in [-0.2, 0) is 30.3 Å². The van der Waals surface area contributed by atoms with Crippen LogP contribution in [0.2, 0.25) is 0 Å². The first-order valence-electron chi connectivity index (χ1n) is 14.9. The number of hydrogen-bond acceptors (Lipinski definition) is 11. The molecule has 2 aliphatic carbocycles. The topological polar surface area (TPSA) is 143 Å². The monoisotopic (exact) mass is 638 g/mol. The maximum atomic E-state index is 13.9. The zero-order valence-electron chi connectivity index (χ0n) is 25.7. The minimum Gasteiger partial charge on any atom is -0.507 e. The van der Waals surface area contributed by atoms with Crippen molar-refractivity contribution < 1.29 is 53.0 Å².